The monoisotopic (exact) mass is 242 g/mol. The van der Waals surface area contributed by atoms with Gasteiger partial charge < -0.3 is 15.0 Å². The van der Waals surface area contributed by atoms with Gasteiger partial charge in [0.15, 0.2) is 0 Å². The third kappa shape index (κ3) is 7.02. The van der Waals surface area contributed by atoms with Gasteiger partial charge in [-0.3, -0.25) is 0 Å². The van der Waals surface area contributed by atoms with Crippen LogP contribution in [0.4, 0.5) is 0 Å². The maximum absolute atomic E-state index is 5.69. The van der Waals surface area contributed by atoms with Gasteiger partial charge in [0, 0.05) is 24.8 Å². The molecule has 1 unspecified atom stereocenters. The normalized spacial score (nSPS) is 22.2. The number of hydrogen-bond donors (Lipinski definition) is 1. The third-order valence-corrected chi connectivity index (χ3v) is 3.39. The third-order valence-electron chi connectivity index (χ3n) is 3.39. The van der Waals surface area contributed by atoms with Crippen molar-refractivity contribution in [3.8, 4) is 0 Å². The van der Waals surface area contributed by atoms with E-state index in [0.29, 0.717) is 0 Å². The first kappa shape index (κ1) is 14.9. The van der Waals surface area contributed by atoms with Gasteiger partial charge in [-0.2, -0.15) is 0 Å². The number of nitrogens with zero attached hydrogens (tertiary/aromatic N) is 1. The molecule has 0 aliphatic carbocycles. The van der Waals surface area contributed by atoms with E-state index in [2.05, 4.69) is 38.0 Å². The second-order valence-corrected chi connectivity index (χ2v) is 6.21. The summed E-state index contributed by atoms with van der Waals surface area (Å²) in [5.74, 6) is 0. The molecule has 0 aromatic heterocycles. The zero-order chi connectivity index (χ0) is 12.7. The Hall–Kier alpha value is -0.120. The number of hydrogen-bond acceptors (Lipinski definition) is 3. The van der Waals surface area contributed by atoms with E-state index < -0.39 is 0 Å². The van der Waals surface area contributed by atoms with Crippen LogP contribution in [0.3, 0.4) is 0 Å². The highest BCUT2D eigenvalue weighted by Crippen LogP contribution is 2.17. The SMILES string of the molecule is CN1CCCC1CCOCCCNC(C)(C)C. The van der Waals surface area contributed by atoms with Gasteiger partial charge in [-0.05, 0) is 66.6 Å². The van der Waals surface area contributed by atoms with Gasteiger partial charge in [-0.15, -0.1) is 0 Å². The van der Waals surface area contributed by atoms with Crippen LogP contribution in [0.1, 0.15) is 46.5 Å². The molecular formula is C14H30N2O. The van der Waals surface area contributed by atoms with E-state index in [4.69, 9.17) is 4.74 Å². The van der Waals surface area contributed by atoms with Crippen molar-refractivity contribution in [2.45, 2.75) is 58.0 Å². The number of nitrogens with one attached hydrogen (secondary N) is 1. The highest BCUT2D eigenvalue weighted by atomic mass is 16.5. The summed E-state index contributed by atoms with van der Waals surface area (Å²) in [6.07, 6.45) is 5.02. The van der Waals surface area contributed by atoms with Gasteiger partial charge in [-0.1, -0.05) is 0 Å². The first-order valence-corrected chi connectivity index (χ1v) is 7.02. The van der Waals surface area contributed by atoms with E-state index >= 15 is 0 Å². The molecule has 1 aliphatic heterocycles. The summed E-state index contributed by atoms with van der Waals surface area (Å²) in [6.45, 7) is 10.7. The minimum Gasteiger partial charge on any atom is -0.381 e. The van der Waals surface area contributed by atoms with Crippen LogP contribution in [-0.2, 0) is 4.74 Å². The Morgan fingerprint density at radius 3 is 2.65 bits per heavy atom. The molecule has 1 N–H and O–H groups in total. The van der Waals surface area contributed by atoms with Crippen molar-refractivity contribution < 1.29 is 4.74 Å². The molecule has 0 radical (unpaired) electrons. The zero-order valence-corrected chi connectivity index (χ0v) is 12.1. The first-order chi connectivity index (χ1) is 7.99. The molecule has 1 saturated heterocycles. The summed E-state index contributed by atoms with van der Waals surface area (Å²) in [4.78, 5) is 2.46. The molecule has 0 saturated carbocycles. The fourth-order valence-corrected chi connectivity index (χ4v) is 2.30. The van der Waals surface area contributed by atoms with Gasteiger partial charge in [0.05, 0.1) is 0 Å². The van der Waals surface area contributed by atoms with Crippen LogP contribution in [0.2, 0.25) is 0 Å². The van der Waals surface area contributed by atoms with E-state index in [1.807, 2.05) is 0 Å². The van der Waals surface area contributed by atoms with Crippen LogP contribution in [0.15, 0.2) is 0 Å². The molecule has 102 valence electrons. The van der Waals surface area contributed by atoms with E-state index in [-0.39, 0.29) is 5.54 Å². The van der Waals surface area contributed by atoms with E-state index in [1.54, 1.807) is 0 Å². The maximum Gasteiger partial charge on any atom is 0.0480 e. The average Bonchev–Trinajstić information content (AvgIpc) is 2.61. The lowest BCUT2D eigenvalue weighted by Gasteiger charge is -2.21. The van der Waals surface area contributed by atoms with Gasteiger partial charge in [0.25, 0.3) is 0 Å². The molecule has 1 rings (SSSR count). The Labute approximate surface area is 107 Å². The molecule has 1 fully saturated rings. The molecule has 0 aromatic rings. The first-order valence-electron chi connectivity index (χ1n) is 7.02. The van der Waals surface area contributed by atoms with Crippen molar-refractivity contribution in [3.63, 3.8) is 0 Å². The second kappa shape index (κ2) is 7.34. The summed E-state index contributed by atoms with van der Waals surface area (Å²) in [5, 5.41) is 3.47. The Morgan fingerprint density at radius 2 is 2.06 bits per heavy atom. The lowest BCUT2D eigenvalue weighted by atomic mass is 10.1. The van der Waals surface area contributed by atoms with Crippen molar-refractivity contribution in [1.82, 2.24) is 10.2 Å². The van der Waals surface area contributed by atoms with E-state index in [1.165, 1.54) is 25.8 Å². The number of rotatable bonds is 7. The predicted octanol–water partition coefficient (Wildman–Crippen LogP) is 2.27. The molecule has 0 amide bonds. The molecule has 3 heteroatoms. The van der Waals surface area contributed by atoms with Gasteiger partial charge in [-0.25, -0.2) is 0 Å². The molecule has 1 atom stereocenters. The summed E-state index contributed by atoms with van der Waals surface area (Å²) < 4.78 is 5.69. The summed E-state index contributed by atoms with van der Waals surface area (Å²) in [6, 6.07) is 0.766. The highest BCUT2D eigenvalue weighted by Gasteiger charge is 2.19. The van der Waals surface area contributed by atoms with E-state index in [0.717, 1.165) is 32.2 Å². The Kier molecular flexibility index (Phi) is 6.45. The van der Waals surface area contributed by atoms with Gasteiger partial charge in [0.2, 0.25) is 0 Å². The molecule has 1 aliphatic rings. The molecule has 17 heavy (non-hydrogen) atoms. The topological polar surface area (TPSA) is 24.5 Å². The lowest BCUT2D eigenvalue weighted by molar-refractivity contribution is 0.110. The smallest absolute Gasteiger partial charge is 0.0480 e. The average molecular weight is 242 g/mol. The standard InChI is InChI=1S/C14H30N2O/c1-14(2,3)15-9-6-11-17-12-8-13-7-5-10-16(13)4/h13,15H,5-12H2,1-4H3. The fraction of sp³-hybridized carbons (Fsp3) is 1.00. The quantitative estimate of drug-likeness (QED) is 0.693. The minimum atomic E-state index is 0.229. The highest BCUT2D eigenvalue weighted by molar-refractivity contribution is 4.75. The molecule has 0 spiro atoms. The van der Waals surface area contributed by atoms with Crippen LogP contribution in [0.25, 0.3) is 0 Å². The number of ether oxygens (including phenoxy) is 1. The fourth-order valence-electron chi connectivity index (χ4n) is 2.30. The summed E-state index contributed by atoms with van der Waals surface area (Å²) >= 11 is 0. The van der Waals surface area contributed by atoms with Crippen LogP contribution in [0.5, 0.6) is 0 Å². The summed E-state index contributed by atoms with van der Waals surface area (Å²) in [7, 11) is 2.23. The van der Waals surface area contributed by atoms with Crippen molar-refractivity contribution in [2.75, 3.05) is 33.4 Å². The predicted molar refractivity (Wildman–Crippen MR) is 73.5 cm³/mol. The molecule has 0 bridgehead atoms. The van der Waals surface area contributed by atoms with Crippen molar-refractivity contribution in [3.05, 3.63) is 0 Å². The van der Waals surface area contributed by atoms with E-state index in [9.17, 15) is 0 Å². The van der Waals surface area contributed by atoms with Gasteiger partial charge in [0.1, 0.15) is 0 Å². The maximum atomic E-state index is 5.69. The van der Waals surface area contributed by atoms with Gasteiger partial charge >= 0.3 is 0 Å². The van der Waals surface area contributed by atoms with Crippen molar-refractivity contribution in [1.29, 1.82) is 0 Å². The lowest BCUT2D eigenvalue weighted by Crippen LogP contribution is -2.36. The Morgan fingerprint density at radius 1 is 1.29 bits per heavy atom. The van der Waals surface area contributed by atoms with Crippen LogP contribution >= 0.6 is 0 Å². The Balaban J connectivity index is 1.88. The number of likely N-dealkylation sites (tertiary alicyclic amines) is 1. The molecule has 3 nitrogen and oxygen atoms in total. The zero-order valence-electron chi connectivity index (χ0n) is 12.1. The van der Waals surface area contributed by atoms with Crippen molar-refractivity contribution in [2.24, 2.45) is 0 Å². The largest absolute Gasteiger partial charge is 0.381 e. The van der Waals surface area contributed by atoms with Crippen LogP contribution in [-0.4, -0.2) is 49.8 Å². The van der Waals surface area contributed by atoms with Crippen LogP contribution < -0.4 is 5.32 Å². The van der Waals surface area contributed by atoms with Crippen molar-refractivity contribution >= 4 is 0 Å². The van der Waals surface area contributed by atoms with Crippen LogP contribution in [0, 0.1) is 0 Å². The Bertz CT molecular complexity index is 201. The summed E-state index contributed by atoms with van der Waals surface area (Å²) in [5.41, 5.74) is 0.229. The minimum absolute atomic E-state index is 0.229. The second-order valence-electron chi connectivity index (χ2n) is 6.21. The molecular weight excluding hydrogens is 212 g/mol. The molecule has 1 heterocycles. The molecule has 0 aromatic carbocycles.